The Hall–Kier alpha value is -1.39. The van der Waals surface area contributed by atoms with Crippen molar-refractivity contribution in [3.05, 3.63) is 35.9 Å². The third-order valence-electron chi connectivity index (χ3n) is 4.72. The quantitative estimate of drug-likeness (QED) is 0.877. The molecule has 0 aliphatic carbocycles. The maximum atomic E-state index is 12.4. The van der Waals surface area contributed by atoms with Gasteiger partial charge in [-0.2, -0.15) is 0 Å². The molecule has 0 unspecified atom stereocenters. The Bertz CT molecular complexity index is 481. The number of carbonyl (C=O) groups is 1. The Balaban J connectivity index is 1.80. The molecule has 0 saturated carbocycles. The van der Waals surface area contributed by atoms with E-state index in [4.69, 9.17) is 5.73 Å². The molecule has 128 valence electrons. The predicted molar refractivity (Wildman–Crippen MR) is 94.9 cm³/mol. The number of carbonyl (C=O) groups excluding carboxylic acids is 1. The molecule has 1 fully saturated rings. The molecule has 1 saturated heterocycles. The minimum atomic E-state index is -0.339. The van der Waals surface area contributed by atoms with E-state index in [0.717, 1.165) is 38.9 Å². The molecule has 1 atom stereocenters. The minimum Gasteiger partial charge on any atom is -0.341 e. The predicted octanol–water partition coefficient (Wildman–Crippen LogP) is 2.48. The summed E-state index contributed by atoms with van der Waals surface area (Å²) in [5.74, 6) is 0.589. The number of piperidine rings is 1. The van der Waals surface area contributed by atoms with Gasteiger partial charge in [0.15, 0.2) is 0 Å². The molecule has 4 heteroatoms. The monoisotopic (exact) mass is 317 g/mol. The second-order valence-electron chi connectivity index (χ2n) is 7.19. The molecular formula is C19H31N3O. The van der Waals surface area contributed by atoms with Crippen LogP contribution in [0.4, 0.5) is 0 Å². The van der Waals surface area contributed by atoms with Crippen LogP contribution in [-0.2, 0) is 11.3 Å². The van der Waals surface area contributed by atoms with Gasteiger partial charge in [-0.15, -0.1) is 0 Å². The zero-order chi connectivity index (χ0) is 16.8. The fourth-order valence-electron chi connectivity index (χ4n) is 3.37. The largest absolute Gasteiger partial charge is 0.341 e. The van der Waals surface area contributed by atoms with Gasteiger partial charge in [-0.25, -0.2) is 0 Å². The molecule has 0 spiro atoms. The van der Waals surface area contributed by atoms with Crippen molar-refractivity contribution >= 4 is 5.91 Å². The van der Waals surface area contributed by atoms with Gasteiger partial charge in [0.25, 0.3) is 0 Å². The van der Waals surface area contributed by atoms with Crippen molar-refractivity contribution in [3.63, 3.8) is 0 Å². The SMILES string of the molecule is CC(C)C[C@H](N)C(=O)N1CCC(N(C)Cc2ccccc2)CC1. The van der Waals surface area contributed by atoms with Gasteiger partial charge >= 0.3 is 0 Å². The molecule has 1 aliphatic rings. The van der Waals surface area contributed by atoms with E-state index in [2.05, 4.69) is 50.1 Å². The van der Waals surface area contributed by atoms with Crippen molar-refractivity contribution in [1.82, 2.24) is 9.80 Å². The molecule has 0 bridgehead atoms. The summed E-state index contributed by atoms with van der Waals surface area (Å²) in [5.41, 5.74) is 7.38. The number of rotatable bonds is 6. The zero-order valence-corrected chi connectivity index (χ0v) is 14.7. The van der Waals surface area contributed by atoms with E-state index in [1.807, 2.05) is 11.0 Å². The standard InChI is InChI=1S/C19H31N3O/c1-15(2)13-18(20)19(23)22-11-9-17(10-12-22)21(3)14-16-7-5-4-6-8-16/h4-8,15,17-18H,9-14,20H2,1-3H3/t18-/m0/s1. The highest BCUT2D eigenvalue weighted by atomic mass is 16.2. The first-order valence-corrected chi connectivity index (χ1v) is 8.76. The topological polar surface area (TPSA) is 49.6 Å². The van der Waals surface area contributed by atoms with E-state index >= 15 is 0 Å². The lowest BCUT2D eigenvalue weighted by atomic mass is 9.99. The van der Waals surface area contributed by atoms with Gasteiger partial charge in [-0.1, -0.05) is 44.2 Å². The number of amides is 1. The Labute approximate surface area is 140 Å². The summed E-state index contributed by atoms with van der Waals surface area (Å²) in [4.78, 5) is 16.8. The van der Waals surface area contributed by atoms with Crippen molar-refractivity contribution in [1.29, 1.82) is 0 Å². The van der Waals surface area contributed by atoms with E-state index in [0.29, 0.717) is 12.0 Å². The smallest absolute Gasteiger partial charge is 0.239 e. The van der Waals surface area contributed by atoms with Gasteiger partial charge in [-0.05, 0) is 37.8 Å². The first kappa shape index (κ1) is 18.0. The molecule has 4 nitrogen and oxygen atoms in total. The van der Waals surface area contributed by atoms with Crippen LogP contribution in [0, 0.1) is 5.92 Å². The van der Waals surface area contributed by atoms with Crippen LogP contribution in [0.3, 0.4) is 0 Å². The second-order valence-corrected chi connectivity index (χ2v) is 7.19. The van der Waals surface area contributed by atoms with E-state index in [-0.39, 0.29) is 11.9 Å². The summed E-state index contributed by atoms with van der Waals surface area (Å²) < 4.78 is 0. The van der Waals surface area contributed by atoms with Gasteiger partial charge in [-0.3, -0.25) is 9.69 Å². The molecular weight excluding hydrogens is 286 g/mol. The average molecular weight is 317 g/mol. The normalized spacial score (nSPS) is 17.7. The van der Waals surface area contributed by atoms with Crippen molar-refractivity contribution in [2.45, 2.75) is 51.7 Å². The fourth-order valence-corrected chi connectivity index (χ4v) is 3.37. The number of hydrogen-bond donors (Lipinski definition) is 1. The van der Waals surface area contributed by atoms with Crippen LogP contribution in [0.1, 0.15) is 38.7 Å². The summed E-state index contributed by atoms with van der Waals surface area (Å²) in [6.45, 7) is 6.84. The summed E-state index contributed by atoms with van der Waals surface area (Å²) in [5, 5.41) is 0. The lowest BCUT2D eigenvalue weighted by molar-refractivity contribution is -0.134. The lowest BCUT2D eigenvalue weighted by Crippen LogP contribution is -2.50. The van der Waals surface area contributed by atoms with E-state index in [9.17, 15) is 4.79 Å². The molecule has 1 aliphatic heterocycles. The number of nitrogens with two attached hydrogens (primary N) is 1. The molecule has 23 heavy (non-hydrogen) atoms. The Kier molecular flexibility index (Phi) is 6.60. The number of nitrogens with zero attached hydrogens (tertiary/aromatic N) is 2. The molecule has 2 rings (SSSR count). The van der Waals surface area contributed by atoms with E-state index in [1.54, 1.807) is 0 Å². The van der Waals surface area contributed by atoms with Crippen LogP contribution in [0.5, 0.6) is 0 Å². The van der Waals surface area contributed by atoms with Crippen LogP contribution < -0.4 is 5.73 Å². The molecule has 1 amide bonds. The van der Waals surface area contributed by atoms with Crippen LogP contribution in [0.25, 0.3) is 0 Å². The molecule has 2 N–H and O–H groups in total. The first-order chi connectivity index (χ1) is 11.0. The summed E-state index contributed by atoms with van der Waals surface area (Å²) in [6.07, 6.45) is 2.83. The van der Waals surface area contributed by atoms with Crippen molar-refractivity contribution in [2.75, 3.05) is 20.1 Å². The maximum Gasteiger partial charge on any atom is 0.239 e. The minimum absolute atomic E-state index is 0.128. The fraction of sp³-hybridized carbons (Fsp3) is 0.632. The highest BCUT2D eigenvalue weighted by molar-refractivity contribution is 5.81. The molecule has 0 aromatic heterocycles. The van der Waals surface area contributed by atoms with E-state index < -0.39 is 0 Å². The van der Waals surface area contributed by atoms with Crippen LogP contribution in [0.2, 0.25) is 0 Å². The Morgan fingerprint density at radius 3 is 2.43 bits per heavy atom. The van der Waals surface area contributed by atoms with Crippen LogP contribution in [0.15, 0.2) is 30.3 Å². The van der Waals surface area contributed by atoms with Crippen molar-refractivity contribution in [3.8, 4) is 0 Å². The number of hydrogen-bond acceptors (Lipinski definition) is 3. The van der Waals surface area contributed by atoms with Crippen LogP contribution >= 0.6 is 0 Å². The summed E-state index contributed by atoms with van der Waals surface area (Å²) in [6, 6.07) is 10.8. The Morgan fingerprint density at radius 2 is 1.87 bits per heavy atom. The Morgan fingerprint density at radius 1 is 1.26 bits per heavy atom. The lowest BCUT2D eigenvalue weighted by Gasteiger charge is -2.37. The van der Waals surface area contributed by atoms with Gasteiger partial charge in [0, 0.05) is 25.7 Å². The van der Waals surface area contributed by atoms with Gasteiger partial charge in [0.05, 0.1) is 6.04 Å². The highest BCUT2D eigenvalue weighted by Gasteiger charge is 2.28. The summed E-state index contributed by atoms with van der Waals surface area (Å²) in [7, 11) is 2.18. The third-order valence-corrected chi connectivity index (χ3v) is 4.72. The maximum absolute atomic E-state index is 12.4. The second kappa shape index (κ2) is 8.46. The highest BCUT2D eigenvalue weighted by Crippen LogP contribution is 2.19. The van der Waals surface area contributed by atoms with Crippen LogP contribution in [-0.4, -0.2) is 47.9 Å². The third kappa shape index (κ3) is 5.33. The van der Waals surface area contributed by atoms with Gasteiger partial charge in [0.2, 0.25) is 5.91 Å². The summed E-state index contributed by atoms with van der Waals surface area (Å²) >= 11 is 0. The zero-order valence-electron chi connectivity index (χ0n) is 14.7. The van der Waals surface area contributed by atoms with Gasteiger partial charge in [0.1, 0.15) is 0 Å². The first-order valence-electron chi connectivity index (χ1n) is 8.76. The number of likely N-dealkylation sites (tertiary alicyclic amines) is 1. The molecule has 1 aromatic carbocycles. The van der Waals surface area contributed by atoms with Gasteiger partial charge < -0.3 is 10.6 Å². The average Bonchev–Trinajstić information content (AvgIpc) is 2.54. The molecule has 1 aromatic rings. The molecule has 1 heterocycles. The van der Waals surface area contributed by atoms with Crippen molar-refractivity contribution in [2.24, 2.45) is 11.7 Å². The van der Waals surface area contributed by atoms with Crippen molar-refractivity contribution < 1.29 is 4.79 Å². The molecule has 0 radical (unpaired) electrons. The van der Waals surface area contributed by atoms with E-state index in [1.165, 1.54) is 5.56 Å². The number of benzene rings is 1.